The van der Waals surface area contributed by atoms with Crippen LogP contribution in [0.25, 0.3) is 0 Å². The largest absolute Gasteiger partial charge is 0.462 e. The molecule has 0 saturated heterocycles. The van der Waals surface area contributed by atoms with Crippen LogP contribution in [0, 0.1) is 0 Å². The molecule has 0 rings (SSSR count). The standard InChI is InChI=1S/C59H104O6/c1-4-7-10-13-16-19-22-24-26-28-29-31-33-35-38-40-43-46-49-52-58(61)64-55-56(65-59(62)53-50-47-44-41-36-21-18-15-12-9-6-3)54-63-57(60)51-48-45-42-39-37-34-32-30-27-25-23-20-17-14-11-8-5-2/h8,11,15,17-18,20,25,27,32,34,56H,4-7,9-10,12-14,16,19,21-24,26,28-31,33,35-55H2,1-3H3/b11-8-,18-15-,20-17-,27-25-,34-32-/t56-/m1/s1. The van der Waals surface area contributed by atoms with Crippen LogP contribution >= 0.6 is 0 Å². The average molecular weight is 909 g/mol. The van der Waals surface area contributed by atoms with Crippen LogP contribution in [0.3, 0.4) is 0 Å². The molecule has 65 heavy (non-hydrogen) atoms. The van der Waals surface area contributed by atoms with Crippen LogP contribution < -0.4 is 0 Å². The van der Waals surface area contributed by atoms with Crippen molar-refractivity contribution in [1.82, 2.24) is 0 Å². The third-order valence-corrected chi connectivity index (χ3v) is 12.0. The minimum absolute atomic E-state index is 0.0833. The Morgan fingerprint density at radius 3 is 1.00 bits per heavy atom. The Morgan fingerprint density at radius 2 is 0.615 bits per heavy atom. The topological polar surface area (TPSA) is 78.9 Å². The van der Waals surface area contributed by atoms with E-state index in [1.54, 1.807) is 0 Å². The van der Waals surface area contributed by atoms with E-state index < -0.39 is 6.10 Å². The lowest BCUT2D eigenvalue weighted by molar-refractivity contribution is -0.167. The van der Waals surface area contributed by atoms with Crippen molar-refractivity contribution < 1.29 is 28.6 Å². The number of carbonyl (C=O) groups is 3. The van der Waals surface area contributed by atoms with E-state index in [4.69, 9.17) is 14.2 Å². The van der Waals surface area contributed by atoms with Crippen molar-refractivity contribution in [1.29, 1.82) is 0 Å². The molecule has 0 heterocycles. The second-order valence-corrected chi connectivity index (χ2v) is 18.5. The van der Waals surface area contributed by atoms with Crippen molar-refractivity contribution in [2.24, 2.45) is 0 Å². The summed E-state index contributed by atoms with van der Waals surface area (Å²) in [6.45, 7) is 6.48. The van der Waals surface area contributed by atoms with Gasteiger partial charge in [-0.15, -0.1) is 0 Å². The van der Waals surface area contributed by atoms with E-state index >= 15 is 0 Å². The summed E-state index contributed by atoms with van der Waals surface area (Å²) in [7, 11) is 0. The molecule has 6 heteroatoms. The number of esters is 3. The van der Waals surface area contributed by atoms with Gasteiger partial charge in [0.15, 0.2) is 6.10 Å². The fourth-order valence-corrected chi connectivity index (χ4v) is 7.83. The molecule has 0 N–H and O–H groups in total. The summed E-state index contributed by atoms with van der Waals surface area (Å²) in [6, 6.07) is 0. The number of rotatable bonds is 50. The quantitative estimate of drug-likeness (QED) is 0.0262. The predicted molar refractivity (Wildman–Crippen MR) is 279 cm³/mol. The lowest BCUT2D eigenvalue weighted by Crippen LogP contribution is -2.30. The molecule has 0 aliphatic carbocycles. The zero-order valence-electron chi connectivity index (χ0n) is 43.0. The molecule has 6 nitrogen and oxygen atoms in total. The molecule has 0 unspecified atom stereocenters. The Morgan fingerprint density at radius 1 is 0.323 bits per heavy atom. The van der Waals surface area contributed by atoms with Crippen molar-refractivity contribution in [2.45, 2.75) is 284 Å². The molecule has 0 bridgehead atoms. The van der Waals surface area contributed by atoms with Gasteiger partial charge in [0.1, 0.15) is 13.2 Å². The third-order valence-electron chi connectivity index (χ3n) is 12.0. The van der Waals surface area contributed by atoms with E-state index in [0.717, 1.165) is 109 Å². The third kappa shape index (κ3) is 51.9. The second-order valence-electron chi connectivity index (χ2n) is 18.5. The van der Waals surface area contributed by atoms with Gasteiger partial charge in [-0.1, -0.05) is 242 Å². The molecule has 0 radical (unpaired) electrons. The van der Waals surface area contributed by atoms with E-state index in [-0.39, 0.29) is 31.1 Å². The van der Waals surface area contributed by atoms with Gasteiger partial charge in [0.25, 0.3) is 0 Å². The maximum atomic E-state index is 12.8. The van der Waals surface area contributed by atoms with Crippen molar-refractivity contribution in [2.75, 3.05) is 13.2 Å². The first-order valence-electron chi connectivity index (χ1n) is 27.8. The molecule has 0 saturated carbocycles. The van der Waals surface area contributed by atoms with E-state index in [1.807, 2.05) is 0 Å². The summed E-state index contributed by atoms with van der Waals surface area (Å²) in [5, 5.41) is 0. The van der Waals surface area contributed by atoms with Crippen LogP contribution in [-0.2, 0) is 28.6 Å². The molecular weight excluding hydrogens is 805 g/mol. The van der Waals surface area contributed by atoms with E-state index in [1.165, 1.54) is 128 Å². The first-order chi connectivity index (χ1) is 32.0. The van der Waals surface area contributed by atoms with Crippen molar-refractivity contribution in [3.8, 4) is 0 Å². The van der Waals surface area contributed by atoms with Gasteiger partial charge in [-0.05, 0) is 77.0 Å². The van der Waals surface area contributed by atoms with Crippen LogP contribution in [0.2, 0.25) is 0 Å². The molecule has 0 aliphatic rings. The highest BCUT2D eigenvalue weighted by Gasteiger charge is 2.19. The summed E-state index contributed by atoms with van der Waals surface area (Å²) in [5.41, 5.74) is 0. The smallest absolute Gasteiger partial charge is 0.306 e. The average Bonchev–Trinajstić information content (AvgIpc) is 3.30. The summed E-state index contributed by atoms with van der Waals surface area (Å²) in [5.74, 6) is -0.909. The molecule has 0 amide bonds. The molecule has 376 valence electrons. The monoisotopic (exact) mass is 909 g/mol. The van der Waals surface area contributed by atoms with Crippen LogP contribution in [0.15, 0.2) is 60.8 Å². The Hall–Kier alpha value is -2.89. The highest BCUT2D eigenvalue weighted by Crippen LogP contribution is 2.16. The van der Waals surface area contributed by atoms with Gasteiger partial charge in [0.05, 0.1) is 0 Å². The second kappa shape index (κ2) is 53.7. The summed E-state index contributed by atoms with van der Waals surface area (Å²) in [4.78, 5) is 38.0. The fraction of sp³-hybridized carbons (Fsp3) is 0.780. The summed E-state index contributed by atoms with van der Waals surface area (Å²) in [6.07, 6.45) is 66.4. The maximum Gasteiger partial charge on any atom is 0.306 e. The Balaban J connectivity index is 4.33. The van der Waals surface area contributed by atoms with Gasteiger partial charge in [-0.25, -0.2) is 0 Å². The molecule has 0 fully saturated rings. The van der Waals surface area contributed by atoms with Crippen LogP contribution in [-0.4, -0.2) is 37.2 Å². The first-order valence-corrected chi connectivity index (χ1v) is 27.8. The number of unbranched alkanes of at least 4 members (excludes halogenated alkanes) is 29. The van der Waals surface area contributed by atoms with Crippen LogP contribution in [0.5, 0.6) is 0 Å². The molecule has 1 atom stereocenters. The maximum absolute atomic E-state index is 12.8. The van der Waals surface area contributed by atoms with E-state index in [0.29, 0.717) is 19.3 Å². The van der Waals surface area contributed by atoms with Gasteiger partial charge in [0.2, 0.25) is 0 Å². The van der Waals surface area contributed by atoms with Gasteiger partial charge in [0, 0.05) is 19.3 Å². The van der Waals surface area contributed by atoms with Gasteiger partial charge < -0.3 is 14.2 Å². The Labute approximate surface area is 402 Å². The molecule has 0 aromatic carbocycles. The number of carbonyl (C=O) groups excluding carboxylic acids is 3. The van der Waals surface area contributed by atoms with Crippen molar-refractivity contribution >= 4 is 17.9 Å². The minimum atomic E-state index is -0.786. The highest BCUT2D eigenvalue weighted by atomic mass is 16.6. The molecule has 0 aromatic heterocycles. The summed E-state index contributed by atoms with van der Waals surface area (Å²) < 4.78 is 16.8. The van der Waals surface area contributed by atoms with Crippen molar-refractivity contribution in [3.63, 3.8) is 0 Å². The zero-order valence-corrected chi connectivity index (χ0v) is 43.0. The number of allylic oxidation sites excluding steroid dienone is 10. The molecule has 0 aliphatic heterocycles. The van der Waals surface area contributed by atoms with E-state index in [9.17, 15) is 14.4 Å². The molecule has 0 spiro atoms. The van der Waals surface area contributed by atoms with Gasteiger partial charge >= 0.3 is 17.9 Å². The van der Waals surface area contributed by atoms with Crippen molar-refractivity contribution in [3.05, 3.63) is 60.8 Å². The molecule has 0 aromatic rings. The Kier molecular flexibility index (Phi) is 51.3. The van der Waals surface area contributed by atoms with Gasteiger partial charge in [-0.2, -0.15) is 0 Å². The number of hydrogen-bond donors (Lipinski definition) is 0. The van der Waals surface area contributed by atoms with Crippen LogP contribution in [0.1, 0.15) is 278 Å². The molecular formula is C59H104O6. The highest BCUT2D eigenvalue weighted by molar-refractivity contribution is 5.71. The first kappa shape index (κ1) is 62.1. The normalized spacial score (nSPS) is 12.5. The van der Waals surface area contributed by atoms with E-state index in [2.05, 4.69) is 81.5 Å². The lowest BCUT2D eigenvalue weighted by atomic mass is 10.0. The Bertz CT molecular complexity index is 1180. The lowest BCUT2D eigenvalue weighted by Gasteiger charge is -2.18. The zero-order chi connectivity index (χ0) is 47.2. The van der Waals surface area contributed by atoms with Crippen LogP contribution in [0.4, 0.5) is 0 Å². The van der Waals surface area contributed by atoms with Gasteiger partial charge in [-0.3, -0.25) is 14.4 Å². The number of ether oxygens (including phenoxy) is 3. The fourth-order valence-electron chi connectivity index (χ4n) is 7.83. The number of hydrogen-bond acceptors (Lipinski definition) is 6. The minimum Gasteiger partial charge on any atom is -0.462 e. The SMILES string of the molecule is CC/C=C\C/C=C\C/C=C\C/C=C\CCCCCCC(=O)OC[C@H](COC(=O)CCCCCCCCCCCCCCCCCCCCC)OC(=O)CCCCCCC/C=C\CCCC. The summed E-state index contributed by atoms with van der Waals surface area (Å²) >= 11 is 0. The predicted octanol–water partition coefficient (Wildman–Crippen LogP) is 18.4.